The molecule has 0 N–H and O–H groups in total. The Labute approximate surface area is 184 Å². The molecule has 2 heterocycles. The largest absolute Gasteiger partial charge is 0.378 e. The van der Waals surface area contributed by atoms with Gasteiger partial charge < -0.3 is 14.5 Å². The van der Waals surface area contributed by atoms with Crippen molar-refractivity contribution in [2.24, 2.45) is 5.92 Å². The maximum absolute atomic E-state index is 11.7. The van der Waals surface area contributed by atoms with E-state index < -0.39 is 0 Å². The third-order valence-corrected chi connectivity index (χ3v) is 5.52. The first-order chi connectivity index (χ1) is 14.4. The van der Waals surface area contributed by atoms with Crippen LogP contribution < -0.4 is 4.90 Å². The van der Waals surface area contributed by atoms with Gasteiger partial charge in [-0.3, -0.25) is 4.79 Å². The Bertz CT molecular complexity index is 880. The summed E-state index contributed by atoms with van der Waals surface area (Å²) in [7, 11) is 1.69. The second-order valence-electron chi connectivity index (χ2n) is 8.22. The number of benzene rings is 1. The summed E-state index contributed by atoms with van der Waals surface area (Å²) in [6, 6.07) is 7.90. The van der Waals surface area contributed by atoms with E-state index in [1.807, 2.05) is 23.1 Å². The van der Waals surface area contributed by atoms with E-state index in [-0.39, 0.29) is 5.91 Å². The number of aromatic nitrogens is 2. The van der Waals surface area contributed by atoms with Crippen LogP contribution in [-0.4, -0.2) is 54.1 Å². The fourth-order valence-electron chi connectivity index (χ4n) is 3.81. The van der Waals surface area contributed by atoms with Gasteiger partial charge in [0.05, 0.1) is 12.3 Å². The number of carbonyl (C=O) groups is 1. The lowest BCUT2D eigenvalue weighted by Gasteiger charge is -2.36. The van der Waals surface area contributed by atoms with Crippen LogP contribution in [0.5, 0.6) is 0 Å². The molecule has 0 bridgehead atoms. The summed E-state index contributed by atoms with van der Waals surface area (Å²) in [5, 5.41) is 0.717. The van der Waals surface area contributed by atoms with E-state index in [0.29, 0.717) is 32.0 Å². The minimum absolute atomic E-state index is 0.122. The van der Waals surface area contributed by atoms with E-state index in [2.05, 4.69) is 24.8 Å². The van der Waals surface area contributed by atoms with Gasteiger partial charge in [-0.1, -0.05) is 37.6 Å². The Kier molecular flexibility index (Phi) is 7.67. The molecular formula is C23H31ClN4O2. The second kappa shape index (κ2) is 10.2. The Morgan fingerprint density at radius 1 is 1.20 bits per heavy atom. The molecule has 3 rings (SSSR count). The zero-order valence-electron chi connectivity index (χ0n) is 18.3. The Morgan fingerprint density at radius 3 is 2.53 bits per heavy atom. The van der Waals surface area contributed by atoms with Gasteiger partial charge in [0.1, 0.15) is 11.6 Å². The van der Waals surface area contributed by atoms with Gasteiger partial charge >= 0.3 is 0 Å². The molecule has 0 saturated carbocycles. The van der Waals surface area contributed by atoms with Gasteiger partial charge in [-0.05, 0) is 23.6 Å². The normalized spacial score (nSPS) is 14.5. The van der Waals surface area contributed by atoms with E-state index in [4.69, 9.17) is 26.3 Å². The number of hydrogen-bond acceptors (Lipinski definition) is 5. The summed E-state index contributed by atoms with van der Waals surface area (Å²) < 4.78 is 5.49. The molecule has 7 heteroatoms. The van der Waals surface area contributed by atoms with Crippen molar-refractivity contribution >= 4 is 23.3 Å². The van der Waals surface area contributed by atoms with Crippen molar-refractivity contribution in [2.45, 2.75) is 40.2 Å². The standard InChI is InChI=1S/C23H31ClN4O2/c1-16(2)12-22-25-21(15-30-4)20(14-18-6-5-7-19(24)13-18)23(26-22)28-10-8-27(9-11-28)17(3)29/h5-7,13,16H,8-12,14-15H2,1-4H3. The van der Waals surface area contributed by atoms with E-state index in [1.54, 1.807) is 14.0 Å². The van der Waals surface area contributed by atoms with Gasteiger partial charge in [0.25, 0.3) is 0 Å². The van der Waals surface area contributed by atoms with Crippen LogP contribution >= 0.6 is 11.6 Å². The van der Waals surface area contributed by atoms with Crippen molar-refractivity contribution in [3.05, 3.63) is 51.9 Å². The van der Waals surface area contributed by atoms with E-state index in [0.717, 1.165) is 53.0 Å². The molecule has 6 nitrogen and oxygen atoms in total. The minimum Gasteiger partial charge on any atom is -0.378 e. The Morgan fingerprint density at radius 2 is 1.93 bits per heavy atom. The highest BCUT2D eigenvalue weighted by molar-refractivity contribution is 6.30. The van der Waals surface area contributed by atoms with Gasteiger partial charge in [-0.25, -0.2) is 9.97 Å². The molecule has 0 spiro atoms. The first-order valence-corrected chi connectivity index (χ1v) is 10.9. The summed E-state index contributed by atoms with van der Waals surface area (Å²) in [4.78, 5) is 25.8. The topological polar surface area (TPSA) is 58.6 Å². The Hall–Kier alpha value is -2.18. The van der Waals surface area contributed by atoms with Crippen molar-refractivity contribution in [2.75, 3.05) is 38.2 Å². The van der Waals surface area contributed by atoms with E-state index in [1.165, 1.54) is 0 Å². The van der Waals surface area contributed by atoms with Crippen LogP contribution in [0, 0.1) is 5.92 Å². The zero-order chi connectivity index (χ0) is 21.7. The summed E-state index contributed by atoms with van der Waals surface area (Å²) >= 11 is 6.22. The van der Waals surface area contributed by atoms with Gasteiger partial charge in [0.2, 0.25) is 5.91 Å². The number of rotatable bonds is 7. The molecule has 1 amide bonds. The number of methoxy groups -OCH3 is 1. The van der Waals surface area contributed by atoms with Crippen LogP contribution in [0.4, 0.5) is 5.82 Å². The van der Waals surface area contributed by atoms with Crippen molar-refractivity contribution < 1.29 is 9.53 Å². The van der Waals surface area contributed by atoms with Crippen molar-refractivity contribution in [3.63, 3.8) is 0 Å². The summed E-state index contributed by atoms with van der Waals surface area (Å²) in [5.41, 5.74) is 3.11. The van der Waals surface area contributed by atoms with Crippen LogP contribution in [0.15, 0.2) is 24.3 Å². The number of carbonyl (C=O) groups excluding carboxylic acids is 1. The van der Waals surface area contributed by atoms with Crippen molar-refractivity contribution in [1.82, 2.24) is 14.9 Å². The molecule has 1 fully saturated rings. The predicted octanol–water partition coefficient (Wildman–Crippen LogP) is 3.73. The highest BCUT2D eigenvalue weighted by Crippen LogP contribution is 2.27. The number of halogens is 1. The van der Waals surface area contributed by atoms with E-state index >= 15 is 0 Å². The molecule has 0 aliphatic carbocycles. The van der Waals surface area contributed by atoms with Gasteiger partial charge in [0.15, 0.2) is 0 Å². The Balaban J connectivity index is 2.01. The number of ether oxygens (including phenoxy) is 1. The summed E-state index contributed by atoms with van der Waals surface area (Å²) in [6.45, 7) is 9.32. The van der Waals surface area contributed by atoms with E-state index in [9.17, 15) is 4.79 Å². The van der Waals surface area contributed by atoms with Gasteiger partial charge in [-0.2, -0.15) is 0 Å². The maximum Gasteiger partial charge on any atom is 0.219 e. The lowest BCUT2D eigenvalue weighted by molar-refractivity contribution is -0.129. The highest BCUT2D eigenvalue weighted by Gasteiger charge is 2.25. The first kappa shape index (κ1) is 22.5. The molecule has 0 unspecified atom stereocenters. The summed E-state index contributed by atoms with van der Waals surface area (Å²) in [6.07, 6.45) is 1.50. The van der Waals surface area contributed by atoms with Crippen LogP contribution in [-0.2, 0) is 29.0 Å². The number of amides is 1. The molecule has 162 valence electrons. The molecular weight excluding hydrogens is 400 g/mol. The molecule has 2 aromatic rings. The van der Waals surface area contributed by atoms with Crippen molar-refractivity contribution in [3.8, 4) is 0 Å². The highest BCUT2D eigenvalue weighted by atomic mass is 35.5. The molecule has 1 aromatic carbocycles. The third-order valence-electron chi connectivity index (χ3n) is 5.28. The fraction of sp³-hybridized carbons (Fsp3) is 0.522. The number of piperazine rings is 1. The van der Waals surface area contributed by atoms with Crippen molar-refractivity contribution in [1.29, 1.82) is 0 Å². The van der Waals surface area contributed by atoms with Crippen LogP contribution in [0.1, 0.15) is 43.4 Å². The van der Waals surface area contributed by atoms with Crippen LogP contribution in [0.25, 0.3) is 0 Å². The van der Waals surface area contributed by atoms with Gasteiger partial charge in [0, 0.05) is 63.6 Å². The lowest BCUT2D eigenvalue weighted by Crippen LogP contribution is -2.48. The summed E-state index contributed by atoms with van der Waals surface area (Å²) in [5.74, 6) is 2.38. The van der Waals surface area contributed by atoms with Crippen LogP contribution in [0.2, 0.25) is 5.02 Å². The fourth-order valence-corrected chi connectivity index (χ4v) is 4.02. The van der Waals surface area contributed by atoms with Gasteiger partial charge in [-0.15, -0.1) is 0 Å². The number of hydrogen-bond donors (Lipinski definition) is 0. The molecule has 1 saturated heterocycles. The third kappa shape index (κ3) is 5.70. The van der Waals surface area contributed by atoms with Crippen LogP contribution in [0.3, 0.4) is 0 Å². The number of anilines is 1. The molecule has 1 aromatic heterocycles. The molecule has 0 radical (unpaired) electrons. The average Bonchev–Trinajstić information content (AvgIpc) is 2.69. The monoisotopic (exact) mass is 430 g/mol. The molecule has 0 atom stereocenters. The SMILES string of the molecule is COCc1nc(CC(C)C)nc(N2CCN(C(C)=O)CC2)c1Cc1cccc(Cl)c1. The number of nitrogens with zero attached hydrogens (tertiary/aromatic N) is 4. The quantitative estimate of drug-likeness (QED) is 0.669. The zero-order valence-corrected chi connectivity index (χ0v) is 19.1. The molecule has 1 aliphatic rings. The maximum atomic E-state index is 11.7. The molecule has 1 aliphatic heterocycles. The predicted molar refractivity (Wildman–Crippen MR) is 120 cm³/mol. The minimum atomic E-state index is 0.122. The molecule has 30 heavy (non-hydrogen) atoms. The smallest absolute Gasteiger partial charge is 0.219 e. The second-order valence-corrected chi connectivity index (χ2v) is 8.66. The lowest BCUT2D eigenvalue weighted by atomic mass is 10.0. The average molecular weight is 431 g/mol. The first-order valence-electron chi connectivity index (χ1n) is 10.5.